The first-order valence-electron chi connectivity index (χ1n) is 6.40. The molecule has 0 aliphatic carbocycles. The Balaban J connectivity index is 2.12. The molecule has 0 saturated carbocycles. The van der Waals surface area contributed by atoms with Crippen molar-refractivity contribution in [1.82, 2.24) is 15.6 Å². The quantitative estimate of drug-likeness (QED) is 0.741. The molecule has 0 aromatic carbocycles. The van der Waals surface area contributed by atoms with E-state index in [4.69, 9.17) is 0 Å². The van der Waals surface area contributed by atoms with E-state index in [0.717, 1.165) is 23.7 Å². The van der Waals surface area contributed by atoms with Crippen molar-refractivity contribution in [2.24, 2.45) is 5.92 Å². The van der Waals surface area contributed by atoms with Crippen molar-refractivity contribution in [3.63, 3.8) is 0 Å². The largest absolute Gasteiger partial charge is 0.352 e. The highest BCUT2D eigenvalue weighted by atomic mass is 32.1. The molecular weight excluding hydrogens is 246 g/mol. The molecule has 102 valence electrons. The number of carbonyl (C=O) groups excluding carboxylic acids is 1. The van der Waals surface area contributed by atoms with Crippen LogP contribution in [0.1, 0.15) is 31.5 Å². The van der Waals surface area contributed by atoms with Gasteiger partial charge in [0.25, 0.3) is 0 Å². The van der Waals surface area contributed by atoms with Gasteiger partial charge in [-0.1, -0.05) is 13.8 Å². The zero-order valence-electron chi connectivity index (χ0n) is 11.6. The maximum atomic E-state index is 11.6. The second-order valence-electron chi connectivity index (χ2n) is 4.88. The summed E-state index contributed by atoms with van der Waals surface area (Å²) in [5.74, 6) is 0.526. The molecule has 1 unspecified atom stereocenters. The third-order valence-corrected chi connectivity index (χ3v) is 3.72. The topological polar surface area (TPSA) is 54.0 Å². The Morgan fingerprint density at radius 2 is 2.17 bits per heavy atom. The predicted octanol–water partition coefficient (Wildman–Crippen LogP) is 1.74. The first-order valence-corrected chi connectivity index (χ1v) is 7.28. The maximum absolute atomic E-state index is 11.6. The molecule has 0 aliphatic rings. The highest BCUT2D eigenvalue weighted by molar-refractivity contribution is 7.09. The molecule has 2 N–H and O–H groups in total. The monoisotopic (exact) mass is 269 g/mol. The lowest BCUT2D eigenvalue weighted by Crippen LogP contribution is -2.41. The van der Waals surface area contributed by atoms with Crippen LogP contribution in [-0.4, -0.2) is 30.0 Å². The lowest BCUT2D eigenvalue weighted by atomic mass is 10.1. The lowest BCUT2D eigenvalue weighted by Gasteiger charge is -2.17. The fourth-order valence-electron chi connectivity index (χ4n) is 1.41. The molecule has 1 atom stereocenters. The molecule has 5 heteroatoms. The van der Waals surface area contributed by atoms with Crippen molar-refractivity contribution in [3.8, 4) is 0 Å². The summed E-state index contributed by atoms with van der Waals surface area (Å²) in [6.45, 7) is 9.39. The highest BCUT2D eigenvalue weighted by Gasteiger charge is 2.09. The van der Waals surface area contributed by atoms with Crippen LogP contribution in [0, 0.1) is 12.8 Å². The fourth-order valence-corrected chi connectivity index (χ4v) is 2.06. The molecule has 0 radical (unpaired) electrons. The Morgan fingerprint density at radius 1 is 1.44 bits per heavy atom. The Hall–Kier alpha value is -0.940. The normalized spacial score (nSPS) is 12.7. The summed E-state index contributed by atoms with van der Waals surface area (Å²) in [7, 11) is 0. The summed E-state index contributed by atoms with van der Waals surface area (Å²) in [6, 6.07) is 0.223. The molecule has 1 heterocycles. The van der Waals surface area contributed by atoms with Gasteiger partial charge in [-0.25, -0.2) is 4.98 Å². The highest BCUT2D eigenvalue weighted by Crippen LogP contribution is 2.07. The number of carbonyl (C=O) groups is 1. The van der Waals surface area contributed by atoms with Crippen molar-refractivity contribution in [2.45, 2.75) is 40.2 Å². The molecule has 0 bridgehead atoms. The molecule has 0 saturated heterocycles. The van der Waals surface area contributed by atoms with Gasteiger partial charge in [-0.15, -0.1) is 11.3 Å². The number of nitrogens with zero attached hydrogens (tertiary/aromatic N) is 1. The predicted molar refractivity (Wildman–Crippen MR) is 75.9 cm³/mol. The van der Waals surface area contributed by atoms with Crippen LogP contribution in [0.15, 0.2) is 5.38 Å². The molecule has 18 heavy (non-hydrogen) atoms. The van der Waals surface area contributed by atoms with Gasteiger partial charge in [0.1, 0.15) is 0 Å². The number of aryl methyl sites for hydroxylation is 1. The van der Waals surface area contributed by atoms with Crippen LogP contribution in [0.5, 0.6) is 0 Å². The number of hydrogen-bond acceptors (Lipinski definition) is 4. The number of rotatable bonds is 7. The number of amides is 1. The summed E-state index contributed by atoms with van der Waals surface area (Å²) >= 11 is 1.66. The van der Waals surface area contributed by atoms with Crippen LogP contribution in [0.3, 0.4) is 0 Å². The number of aromatic nitrogens is 1. The van der Waals surface area contributed by atoms with Crippen LogP contribution in [0.2, 0.25) is 0 Å². The van der Waals surface area contributed by atoms with Crippen molar-refractivity contribution in [1.29, 1.82) is 0 Å². The Kier molecular flexibility index (Phi) is 6.29. The van der Waals surface area contributed by atoms with Gasteiger partial charge >= 0.3 is 0 Å². The van der Waals surface area contributed by atoms with E-state index in [1.54, 1.807) is 11.3 Å². The second-order valence-corrected chi connectivity index (χ2v) is 5.95. The Bertz CT molecular complexity index is 376. The van der Waals surface area contributed by atoms with Crippen LogP contribution in [-0.2, 0) is 11.2 Å². The van der Waals surface area contributed by atoms with E-state index in [1.165, 1.54) is 0 Å². The first-order chi connectivity index (χ1) is 8.49. The molecular formula is C13H23N3OS. The van der Waals surface area contributed by atoms with Crippen molar-refractivity contribution < 1.29 is 4.79 Å². The van der Waals surface area contributed by atoms with E-state index in [1.807, 2.05) is 13.8 Å². The van der Waals surface area contributed by atoms with Gasteiger partial charge in [0.2, 0.25) is 5.91 Å². The minimum atomic E-state index is 0.0608. The summed E-state index contributed by atoms with van der Waals surface area (Å²) in [4.78, 5) is 16.0. The van der Waals surface area contributed by atoms with Crippen LogP contribution in [0.4, 0.5) is 0 Å². The molecule has 0 fully saturated rings. The summed E-state index contributed by atoms with van der Waals surface area (Å²) in [5, 5.41) is 9.27. The molecule has 1 rings (SSSR count). The van der Waals surface area contributed by atoms with Crippen LogP contribution < -0.4 is 10.6 Å². The van der Waals surface area contributed by atoms with Gasteiger partial charge in [-0.2, -0.15) is 0 Å². The minimum Gasteiger partial charge on any atom is -0.352 e. The zero-order chi connectivity index (χ0) is 13.5. The van der Waals surface area contributed by atoms with Crippen molar-refractivity contribution in [3.05, 3.63) is 16.1 Å². The van der Waals surface area contributed by atoms with Crippen molar-refractivity contribution >= 4 is 17.2 Å². The van der Waals surface area contributed by atoms with Crippen LogP contribution in [0.25, 0.3) is 0 Å². The number of thiazole rings is 1. The van der Waals surface area contributed by atoms with E-state index in [2.05, 4.69) is 34.8 Å². The zero-order valence-corrected chi connectivity index (χ0v) is 12.4. The third kappa shape index (κ3) is 5.60. The smallest absolute Gasteiger partial charge is 0.234 e. The van der Waals surface area contributed by atoms with Crippen molar-refractivity contribution in [2.75, 3.05) is 13.1 Å². The van der Waals surface area contributed by atoms with E-state index in [-0.39, 0.29) is 11.9 Å². The lowest BCUT2D eigenvalue weighted by molar-refractivity contribution is -0.121. The Labute approximate surface area is 113 Å². The van der Waals surface area contributed by atoms with Gasteiger partial charge in [0.15, 0.2) is 0 Å². The average molecular weight is 269 g/mol. The van der Waals surface area contributed by atoms with Crippen LogP contribution >= 0.6 is 11.3 Å². The maximum Gasteiger partial charge on any atom is 0.234 e. The molecule has 0 spiro atoms. The fraction of sp³-hybridized carbons (Fsp3) is 0.692. The molecule has 4 nitrogen and oxygen atoms in total. The van der Waals surface area contributed by atoms with E-state index in [9.17, 15) is 4.79 Å². The molecule has 0 aliphatic heterocycles. The van der Waals surface area contributed by atoms with E-state index >= 15 is 0 Å². The molecule has 1 amide bonds. The standard InChI is InChI=1S/C13H23N3OS/c1-9(2)10(3)15-13(17)7-14-6-5-12-8-18-11(4)16-12/h8-10,14H,5-7H2,1-4H3,(H,15,17). The summed E-state index contributed by atoms with van der Waals surface area (Å²) in [6.07, 6.45) is 0.872. The van der Waals surface area contributed by atoms with E-state index < -0.39 is 0 Å². The molecule has 1 aromatic rings. The average Bonchev–Trinajstić information content (AvgIpc) is 2.70. The SMILES string of the molecule is Cc1nc(CCNCC(=O)NC(C)C(C)C)cs1. The molecule has 1 aromatic heterocycles. The third-order valence-electron chi connectivity index (χ3n) is 2.90. The van der Waals surface area contributed by atoms with E-state index in [0.29, 0.717) is 12.5 Å². The number of hydrogen-bond donors (Lipinski definition) is 2. The summed E-state index contributed by atoms with van der Waals surface area (Å²) in [5.41, 5.74) is 1.10. The van der Waals surface area contributed by atoms with Gasteiger partial charge in [0, 0.05) is 24.4 Å². The first kappa shape index (κ1) is 15.1. The minimum absolute atomic E-state index is 0.0608. The van der Waals surface area contributed by atoms with Gasteiger partial charge in [-0.3, -0.25) is 4.79 Å². The van der Waals surface area contributed by atoms with Gasteiger partial charge in [0.05, 0.1) is 17.2 Å². The number of nitrogens with one attached hydrogen (secondary N) is 2. The van der Waals surface area contributed by atoms with Gasteiger partial charge in [-0.05, 0) is 19.8 Å². The summed E-state index contributed by atoms with van der Waals surface area (Å²) < 4.78 is 0. The second kappa shape index (κ2) is 7.48. The Morgan fingerprint density at radius 3 is 2.72 bits per heavy atom. The van der Waals surface area contributed by atoms with Gasteiger partial charge < -0.3 is 10.6 Å².